The first-order chi connectivity index (χ1) is 6.50. The molecule has 1 aromatic carbocycles. The Hall–Kier alpha value is -1.50. The monoisotopic (exact) mass is 175 g/mol. The highest BCUT2D eigenvalue weighted by molar-refractivity contribution is 4.99. The Balaban J connectivity index is 0.000000189. The molecule has 70 valence electrons. The van der Waals surface area contributed by atoms with E-state index in [4.69, 9.17) is 0 Å². The van der Waals surface area contributed by atoms with E-state index in [0.29, 0.717) is 0 Å². The van der Waals surface area contributed by atoms with Gasteiger partial charge >= 0.3 is 0 Å². The van der Waals surface area contributed by atoms with Gasteiger partial charge in [0, 0.05) is 12.4 Å². The molecule has 1 heterocycles. The lowest BCUT2D eigenvalue weighted by atomic mass is 10.4. The van der Waals surface area contributed by atoms with Gasteiger partial charge < -0.3 is 4.98 Å². The Bertz CT molecular complexity index is 191. The van der Waals surface area contributed by atoms with Crippen LogP contribution < -0.4 is 0 Å². The summed E-state index contributed by atoms with van der Waals surface area (Å²) in [4.78, 5) is 2.86. The van der Waals surface area contributed by atoms with Crippen LogP contribution in [0.15, 0.2) is 60.9 Å². The quantitative estimate of drug-likeness (QED) is 0.628. The normalized spacial score (nSPS) is 7.23. The molecule has 13 heavy (non-hydrogen) atoms. The molecule has 0 fully saturated rings. The number of benzene rings is 1. The number of hydrogen-bond donors (Lipinski definition) is 1. The third-order valence-electron chi connectivity index (χ3n) is 1.16. The SMILES string of the molecule is CC.c1cc[nH]c1.c1ccccc1. The predicted octanol–water partition coefficient (Wildman–Crippen LogP) is 3.73. The molecule has 0 unspecified atom stereocenters. The summed E-state index contributed by atoms with van der Waals surface area (Å²) in [5, 5.41) is 0. The minimum atomic E-state index is 1.88. The Morgan fingerprint density at radius 1 is 0.538 bits per heavy atom. The zero-order valence-corrected chi connectivity index (χ0v) is 8.27. The summed E-state index contributed by atoms with van der Waals surface area (Å²) in [7, 11) is 0. The van der Waals surface area contributed by atoms with Crippen LogP contribution in [0, 0.1) is 0 Å². The number of aromatic amines is 1. The number of rotatable bonds is 0. The smallest absolute Gasteiger partial charge is 0.000496 e. The number of aromatic nitrogens is 1. The first-order valence-corrected chi connectivity index (χ1v) is 4.58. The predicted molar refractivity (Wildman–Crippen MR) is 58.6 cm³/mol. The molecule has 2 aromatic rings. The van der Waals surface area contributed by atoms with Crippen LogP contribution in [0.1, 0.15) is 13.8 Å². The van der Waals surface area contributed by atoms with E-state index in [1.54, 1.807) is 0 Å². The van der Waals surface area contributed by atoms with Gasteiger partial charge in [0.1, 0.15) is 0 Å². The van der Waals surface area contributed by atoms with Gasteiger partial charge in [-0.25, -0.2) is 0 Å². The van der Waals surface area contributed by atoms with E-state index in [0.717, 1.165) is 0 Å². The van der Waals surface area contributed by atoms with Crippen molar-refractivity contribution in [2.24, 2.45) is 0 Å². The van der Waals surface area contributed by atoms with Crippen molar-refractivity contribution in [3.63, 3.8) is 0 Å². The molecule has 0 atom stereocenters. The van der Waals surface area contributed by atoms with Gasteiger partial charge in [0.05, 0.1) is 0 Å². The highest BCUT2D eigenvalue weighted by Crippen LogP contribution is 1.79. The highest BCUT2D eigenvalue weighted by atomic mass is 14.6. The lowest BCUT2D eigenvalue weighted by Gasteiger charge is -1.69. The van der Waals surface area contributed by atoms with Crippen LogP contribution in [0.5, 0.6) is 0 Å². The average Bonchev–Trinajstić information content (AvgIpc) is 2.82. The van der Waals surface area contributed by atoms with E-state index >= 15 is 0 Å². The standard InChI is InChI=1S/C6H6.C4H5N.C2H6/c1-2-4-6-5-3-1;1-2-4-5-3-1;1-2/h1-6H;1-5H;1-2H3. The van der Waals surface area contributed by atoms with E-state index in [-0.39, 0.29) is 0 Å². The maximum Gasteiger partial charge on any atom is 0.000496 e. The number of hydrogen-bond acceptors (Lipinski definition) is 0. The lowest BCUT2D eigenvalue weighted by molar-refractivity contribution is 1.42. The van der Waals surface area contributed by atoms with E-state index < -0.39 is 0 Å². The van der Waals surface area contributed by atoms with Crippen molar-refractivity contribution in [3.8, 4) is 0 Å². The molecule has 0 saturated heterocycles. The first kappa shape index (κ1) is 11.5. The molecular formula is C12H17N. The first-order valence-electron chi connectivity index (χ1n) is 4.58. The summed E-state index contributed by atoms with van der Waals surface area (Å²) in [6, 6.07) is 15.9. The van der Waals surface area contributed by atoms with Crippen molar-refractivity contribution < 1.29 is 0 Å². The lowest BCUT2D eigenvalue weighted by Crippen LogP contribution is -1.47. The fourth-order valence-corrected chi connectivity index (χ4v) is 0.663. The fourth-order valence-electron chi connectivity index (χ4n) is 0.663. The summed E-state index contributed by atoms with van der Waals surface area (Å²) >= 11 is 0. The number of nitrogens with one attached hydrogen (secondary N) is 1. The Labute approximate surface area is 80.4 Å². The fraction of sp³-hybridized carbons (Fsp3) is 0.167. The summed E-state index contributed by atoms with van der Waals surface area (Å²) in [6.45, 7) is 4.00. The van der Waals surface area contributed by atoms with Crippen LogP contribution in [0.4, 0.5) is 0 Å². The van der Waals surface area contributed by atoms with Crippen molar-refractivity contribution >= 4 is 0 Å². The van der Waals surface area contributed by atoms with E-state index in [1.165, 1.54) is 0 Å². The molecule has 1 aromatic heterocycles. The third-order valence-corrected chi connectivity index (χ3v) is 1.16. The largest absolute Gasteiger partial charge is 0.368 e. The van der Waals surface area contributed by atoms with Crippen LogP contribution in [0.3, 0.4) is 0 Å². The van der Waals surface area contributed by atoms with Crippen LogP contribution in [0.25, 0.3) is 0 Å². The molecule has 1 heteroatoms. The summed E-state index contributed by atoms with van der Waals surface area (Å²) in [6.07, 6.45) is 3.75. The van der Waals surface area contributed by atoms with Gasteiger partial charge in [-0.2, -0.15) is 0 Å². The zero-order valence-electron chi connectivity index (χ0n) is 8.27. The van der Waals surface area contributed by atoms with E-state index in [2.05, 4.69) is 4.98 Å². The Morgan fingerprint density at radius 3 is 1.00 bits per heavy atom. The maximum absolute atomic E-state index is 2.86. The molecule has 0 aliphatic heterocycles. The van der Waals surface area contributed by atoms with Crippen LogP contribution in [-0.4, -0.2) is 4.98 Å². The van der Waals surface area contributed by atoms with Crippen LogP contribution >= 0.6 is 0 Å². The van der Waals surface area contributed by atoms with Gasteiger partial charge in [-0.3, -0.25) is 0 Å². The molecule has 1 nitrogen and oxygen atoms in total. The van der Waals surface area contributed by atoms with Gasteiger partial charge in [-0.15, -0.1) is 0 Å². The van der Waals surface area contributed by atoms with E-state index in [1.807, 2.05) is 74.8 Å². The molecular weight excluding hydrogens is 158 g/mol. The van der Waals surface area contributed by atoms with Crippen molar-refractivity contribution in [2.75, 3.05) is 0 Å². The minimum Gasteiger partial charge on any atom is -0.368 e. The second-order valence-corrected chi connectivity index (χ2v) is 2.04. The van der Waals surface area contributed by atoms with Gasteiger partial charge in [0.15, 0.2) is 0 Å². The molecule has 0 spiro atoms. The molecule has 0 bridgehead atoms. The van der Waals surface area contributed by atoms with Crippen molar-refractivity contribution in [3.05, 3.63) is 60.9 Å². The third kappa shape index (κ3) is 8.41. The molecule has 2 rings (SSSR count). The van der Waals surface area contributed by atoms with Crippen LogP contribution in [0.2, 0.25) is 0 Å². The van der Waals surface area contributed by atoms with Gasteiger partial charge in [0.2, 0.25) is 0 Å². The zero-order chi connectivity index (χ0) is 9.78. The van der Waals surface area contributed by atoms with E-state index in [9.17, 15) is 0 Å². The Kier molecular flexibility index (Phi) is 9.29. The van der Waals surface area contributed by atoms with Gasteiger partial charge in [-0.1, -0.05) is 50.2 Å². The topological polar surface area (TPSA) is 15.8 Å². The van der Waals surface area contributed by atoms with Gasteiger partial charge in [-0.05, 0) is 12.1 Å². The maximum atomic E-state index is 2.86. The van der Waals surface area contributed by atoms with Gasteiger partial charge in [0.25, 0.3) is 0 Å². The highest BCUT2D eigenvalue weighted by Gasteiger charge is 1.58. The van der Waals surface area contributed by atoms with Crippen molar-refractivity contribution in [1.29, 1.82) is 0 Å². The summed E-state index contributed by atoms with van der Waals surface area (Å²) in [5.74, 6) is 0. The second kappa shape index (κ2) is 10.5. The van der Waals surface area contributed by atoms with Crippen molar-refractivity contribution in [1.82, 2.24) is 4.98 Å². The average molecular weight is 175 g/mol. The molecule has 0 aliphatic carbocycles. The second-order valence-electron chi connectivity index (χ2n) is 2.04. The number of H-pyrrole nitrogens is 1. The van der Waals surface area contributed by atoms with Crippen LogP contribution in [-0.2, 0) is 0 Å². The summed E-state index contributed by atoms with van der Waals surface area (Å²) < 4.78 is 0. The molecule has 0 aliphatic rings. The molecule has 1 N–H and O–H groups in total. The summed E-state index contributed by atoms with van der Waals surface area (Å²) in [5.41, 5.74) is 0. The van der Waals surface area contributed by atoms with Crippen molar-refractivity contribution in [2.45, 2.75) is 13.8 Å². The molecule has 0 saturated carbocycles. The molecule has 0 amide bonds. The minimum absolute atomic E-state index is 1.88. The Morgan fingerprint density at radius 2 is 0.846 bits per heavy atom. The molecule has 0 radical (unpaired) electrons.